The first-order valence-corrected chi connectivity index (χ1v) is 6.48. The average Bonchev–Trinajstić information content (AvgIpc) is 2.71. The molecule has 0 bridgehead atoms. The second-order valence-electron chi connectivity index (χ2n) is 4.58. The van der Waals surface area contributed by atoms with Crippen molar-refractivity contribution in [1.29, 1.82) is 0 Å². The maximum atomic E-state index is 14.5. The highest BCUT2D eigenvalue weighted by Gasteiger charge is 2.35. The average molecular weight is 227 g/mol. The van der Waals surface area contributed by atoms with Crippen LogP contribution in [-0.2, 0) is 6.42 Å². The van der Waals surface area contributed by atoms with E-state index in [-0.39, 0.29) is 5.92 Å². The van der Waals surface area contributed by atoms with E-state index in [0.717, 1.165) is 30.8 Å². The molecule has 0 spiro atoms. The van der Waals surface area contributed by atoms with Crippen molar-refractivity contribution in [2.75, 3.05) is 13.1 Å². The highest BCUT2D eigenvalue weighted by molar-refractivity contribution is 7.09. The van der Waals surface area contributed by atoms with Crippen molar-refractivity contribution in [3.63, 3.8) is 0 Å². The molecule has 1 saturated heterocycles. The predicted molar refractivity (Wildman–Crippen MR) is 63.1 cm³/mol. The third kappa shape index (κ3) is 2.79. The Morgan fingerprint density at radius 3 is 3.13 bits per heavy atom. The lowest BCUT2D eigenvalue weighted by atomic mass is 9.82. The molecule has 1 nitrogen and oxygen atoms in total. The molecule has 1 aliphatic rings. The summed E-state index contributed by atoms with van der Waals surface area (Å²) in [4.78, 5) is 1.16. The van der Waals surface area contributed by atoms with Crippen molar-refractivity contribution < 1.29 is 4.39 Å². The Hall–Kier alpha value is -0.410. The van der Waals surface area contributed by atoms with E-state index >= 15 is 0 Å². The standard InChI is InChI=1S/C12H18FNS/c1-12(13,8-11-5-3-7-15-11)10-4-2-6-14-9-10/h3,5,7,10,14H,2,4,6,8-9H2,1H3. The smallest absolute Gasteiger partial charge is 0.117 e. The Kier molecular flexibility index (Phi) is 3.42. The van der Waals surface area contributed by atoms with Crippen LogP contribution in [0.5, 0.6) is 0 Å². The van der Waals surface area contributed by atoms with Gasteiger partial charge in [-0.25, -0.2) is 4.39 Å². The molecule has 0 aliphatic carbocycles. The molecular formula is C12H18FNS. The summed E-state index contributed by atoms with van der Waals surface area (Å²) in [5.41, 5.74) is -1.06. The van der Waals surface area contributed by atoms with Gasteiger partial charge in [0.25, 0.3) is 0 Å². The molecule has 1 aliphatic heterocycles. The molecule has 1 N–H and O–H groups in total. The summed E-state index contributed by atoms with van der Waals surface area (Å²) in [5.74, 6) is 0.174. The van der Waals surface area contributed by atoms with Crippen molar-refractivity contribution in [3.8, 4) is 0 Å². The second-order valence-corrected chi connectivity index (χ2v) is 5.61. The SMILES string of the molecule is CC(F)(Cc1cccs1)C1CCCNC1. The minimum Gasteiger partial charge on any atom is -0.316 e. The normalized spacial score (nSPS) is 26.1. The summed E-state index contributed by atoms with van der Waals surface area (Å²) in [5, 5.41) is 5.30. The van der Waals surface area contributed by atoms with Gasteiger partial charge in [-0.15, -0.1) is 11.3 Å². The zero-order valence-electron chi connectivity index (χ0n) is 9.13. The van der Waals surface area contributed by atoms with E-state index in [1.165, 1.54) is 0 Å². The molecule has 0 amide bonds. The minimum absolute atomic E-state index is 0.174. The van der Waals surface area contributed by atoms with E-state index in [9.17, 15) is 4.39 Å². The van der Waals surface area contributed by atoms with Crippen molar-refractivity contribution in [2.24, 2.45) is 5.92 Å². The maximum absolute atomic E-state index is 14.5. The van der Waals surface area contributed by atoms with E-state index < -0.39 is 5.67 Å². The first kappa shape index (κ1) is 11.1. The zero-order chi connectivity index (χ0) is 10.7. The number of hydrogen-bond acceptors (Lipinski definition) is 2. The van der Waals surface area contributed by atoms with Gasteiger partial charge in [-0.3, -0.25) is 0 Å². The van der Waals surface area contributed by atoms with Crippen molar-refractivity contribution >= 4 is 11.3 Å². The molecule has 1 fully saturated rings. The van der Waals surface area contributed by atoms with Crippen LogP contribution in [0.25, 0.3) is 0 Å². The molecule has 2 rings (SSSR count). The molecule has 1 aromatic heterocycles. The van der Waals surface area contributed by atoms with Crippen LogP contribution in [-0.4, -0.2) is 18.8 Å². The van der Waals surface area contributed by atoms with Crippen LogP contribution in [0.3, 0.4) is 0 Å². The van der Waals surface area contributed by atoms with Gasteiger partial charge in [-0.2, -0.15) is 0 Å². The van der Waals surface area contributed by atoms with E-state index in [4.69, 9.17) is 0 Å². The summed E-state index contributed by atoms with van der Waals surface area (Å²) in [7, 11) is 0. The van der Waals surface area contributed by atoms with Crippen LogP contribution >= 0.6 is 11.3 Å². The van der Waals surface area contributed by atoms with Crippen LogP contribution in [0.4, 0.5) is 4.39 Å². The Morgan fingerprint density at radius 2 is 2.53 bits per heavy atom. The van der Waals surface area contributed by atoms with Crippen molar-refractivity contribution in [2.45, 2.75) is 31.9 Å². The summed E-state index contributed by atoms with van der Waals surface area (Å²) >= 11 is 1.65. The molecule has 2 heterocycles. The molecular weight excluding hydrogens is 209 g/mol. The Morgan fingerprint density at radius 1 is 1.67 bits per heavy atom. The summed E-state index contributed by atoms with van der Waals surface area (Å²) in [6.07, 6.45) is 2.69. The summed E-state index contributed by atoms with van der Waals surface area (Å²) < 4.78 is 14.5. The van der Waals surface area contributed by atoms with Gasteiger partial charge in [0, 0.05) is 23.8 Å². The molecule has 2 atom stereocenters. The summed E-state index contributed by atoms with van der Waals surface area (Å²) in [6.45, 7) is 3.63. The van der Waals surface area contributed by atoms with Gasteiger partial charge in [0.05, 0.1) is 0 Å². The quantitative estimate of drug-likeness (QED) is 0.837. The monoisotopic (exact) mass is 227 g/mol. The van der Waals surface area contributed by atoms with Gasteiger partial charge in [-0.1, -0.05) is 6.07 Å². The zero-order valence-corrected chi connectivity index (χ0v) is 9.95. The lowest BCUT2D eigenvalue weighted by molar-refractivity contribution is 0.0842. The van der Waals surface area contributed by atoms with E-state index in [1.54, 1.807) is 18.3 Å². The first-order valence-electron chi connectivity index (χ1n) is 5.60. The molecule has 1 aromatic rings. The fraction of sp³-hybridized carbons (Fsp3) is 0.667. The minimum atomic E-state index is -1.06. The van der Waals surface area contributed by atoms with Crippen LogP contribution in [0.1, 0.15) is 24.6 Å². The van der Waals surface area contributed by atoms with Gasteiger partial charge < -0.3 is 5.32 Å². The van der Waals surface area contributed by atoms with Gasteiger partial charge in [0.1, 0.15) is 5.67 Å². The fourth-order valence-corrected chi connectivity index (χ4v) is 3.12. The van der Waals surface area contributed by atoms with Gasteiger partial charge >= 0.3 is 0 Å². The first-order chi connectivity index (χ1) is 7.18. The third-order valence-corrected chi connectivity index (χ3v) is 4.12. The largest absolute Gasteiger partial charge is 0.316 e. The van der Waals surface area contributed by atoms with Crippen LogP contribution < -0.4 is 5.32 Å². The predicted octanol–water partition coefficient (Wildman–Crippen LogP) is 3.02. The maximum Gasteiger partial charge on any atom is 0.117 e. The third-order valence-electron chi connectivity index (χ3n) is 3.25. The lowest BCUT2D eigenvalue weighted by Gasteiger charge is -2.33. The molecule has 0 aromatic carbocycles. The topological polar surface area (TPSA) is 12.0 Å². The number of alkyl halides is 1. The van der Waals surface area contributed by atoms with Crippen LogP contribution in [0, 0.1) is 5.92 Å². The number of piperidine rings is 1. The molecule has 84 valence electrons. The van der Waals surface area contributed by atoms with Gasteiger partial charge in [0.15, 0.2) is 0 Å². The lowest BCUT2D eigenvalue weighted by Crippen LogP contribution is -2.42. The molecule has 0 radical (unpaired) electrons. The number of hydrogen-bond donors (Lipinski definition) is 1. The molecule has 2 unspecified atom stereocenters. The Bertz CT molecular complexity index is 289. The van der Waals surface area contributed by atoms with Crippen molar-refractivity contribution in [1.82, 2.24) is 5.32 Å². The van der Waals surface area contributed by atoms with Crippen molar-refractivity contribution in [3.05, 3.63) is 22.4 Å². The number of nitrogens with one attached hydrogen (secondary N) is 1. The number of thiophene rings is 1. The molecule has 3 heteroatoms. The summed E-state index contributed by atoms with van der Waals surface area (Å²) in [6, 6.07) is 4.02. The van der Waals surface area contributed by atoms with Crippen LogP contribution in [0.15, 0.2) is 17.5 Å². The van der Waals surface area contributed by atoms with E-state index in [2.05, 4.69) is 5.32 Å². The number of halogens is 1. The highest BCUT2D eigenvalue weighted by Crippen LogP contribution is 2.32. The molecule has 15 heavy (non-hydrogen) atoms. The highest BCUT2D eigenvalue weighted by atomic mass is 32.1. The Labute approximate surface area is 94.7 Å². The van der Waals surface area contributed by atoms with Gasteiger partial charge in [0.2, 0.25) is 0 Å². The van der Waals surface area contributed by atoms with E-state index in [0.29, 0.717) is 6.42 Å². The fourth-order valence-electron chi connectivity index (χ4n) is 2.26. The van der Waals surface area contributed by atoms with Crippen LogP contribution in [0.2, 0.25) is 0 Å². The number of rotatable bonds is 3. The van der Waals surface area contributed by atoms with Gasteiger partial charge in [-0.05, 0) is 37.8 Å². The Balaban J connectivity index is 1.98. The molecule has 0 saturated carbocycles. The van der Waals surface area contributed by atoms with E-state index in [1.807, 2.05) is 17.5 Å². The second kappa shape index (κ2) is 4.62.